The number of likely N-dealkylation sites (N-methyl/N-ethyl adjacent to an activating group) is 1. The largest absolute Gasteiger partial charge is 0.378 e. The first kappa shape index (κ1) is 13.1. The Morgan fingerprint density at radius 3 is 3.21 bits per heavy atom. The second kappa shape index (κ2) is 6.01. The molecule has 1 aliphatic heterocycles. The monoisotopic (exact) mass is 276 g/mol. The van der Waals surface area contributed by atoms with Crippen LogP contribution in [0.3, 0.4) is 0 Å². The lowest BCUT2D eigenvalue weighted by atomic mass is 10.1. The zero-order valence-electron chi connectivity index (χ0n) is 11.3. The summed E-state index contributed by atoms with van der Waals surface area (Å²) >= 11 is 1.84. The first-order valence-electron chi connectivity index (χ1n) is 6.80. The highest BCUT2D eigenvalue weighted by Gasteiger charge is 2.23. The minimum Gasteiger partial charge on any atom is -0.378 e. The SMILES string of the molecule is CNCC1COCCN1Cc1csc2ccccc12. The lowest BCUT2D eigenvalue weighted by Gasteiger charge is -2.35. The summed E-state index contributed by atoms with van der Waals surface area (Å²) in [6.07, 6.45) is 0. The Labute approximate surface area is 118 Å². The van der Waals surface area contributed by atoms with Crippen LogP contribution in [0.4, 0.5) is 0 Å². The van der Waals surface area contributed by atoms with E-state index in [0.29, 0.717) is 6.04 Å². The molecular formula is C15H20N2OS. The molecule has 1 unspecified atom stereocenters. The molecular weight excluding hydrogens is 256 g/mol. The number of hydrogen-bond donors (Lipinski definition) is 1. The van der Waals surface area contributed by atoms with Gasteiger partial charge in [-0.15, -0.1) is 11.3 Å². The van der Waals surface area contributed by atoms with Gasteiger partial charge in [0.25, 0.3) is 0 Å². The van der Waals surface area contributed by atoms with E-state index < -0.39 is 0 Å². The summed E-state index contributed by atoms with van der Waals surface area (Å²) < 4.78 is 6.98. The van der Waals surface area contributed by atoms with Gasteiger partial charge in [0.1, 0.15) is 0 Å². The normalized spacial score (nSPS) is 21.0. The molecule has 0 spiro atoms. The Kier molecular flexibility index (Phi) is 4.13. The first-order valence-corrected chi connectivity index (χ1v) is 7.68. The molecule has 2 heterocycles. The Hall–Kier alpha value is -0.940. The molecule has 1 saturated heterocycles. The Morgan fingerprint density at radius 1 is 1.42 bits per heavy atom. The van der Waals surface area contributed by atoms with E-state index in [1.165, 1.54) is 15.6 Å². The molecule has 4 heteroatoms. The number of rotatable bonds is 4. The van der Waals surface area contributed by atoms with E-state index in [4.69, 9.17) is 4.74 Å². The number of nitrogens with zero attached hydrogens (tertiary/aromatic N) is 1. The van der Waals surface area contributed by atoms with Gasteiger partial charge in [-0.1, -0.05) is 18.2 Å². The summed E-state index contributed by atoms with van der Waals surface area (Å²) in [5.41, 5.74) is 1.45. The zero-order valence-corrected chi connectivity index (χ0v) is 12.1. The third-order valence-corrected chi connectivity index (χ3v) is 4.74. The molecule has 1 aromatic heterocycles. The van der Waals surface area contributed by atoms with Gasteiger partial charge in [0.2, 0.25) is 0 Å². The van der Waals surface area contributed by atoms with Crippen molar-refractivity contribution in [3.8, 4) is 0 Å². The molecule has 19 heavy (non-hydrogen) atoms. The van der Waals surface area contributed by atoms with Crippen LogP contribution < -0.4 is 5.32 Å². The molecule has 1 N–H and O–H groups in total. The van der Waals surface area contributed by atoms with Crippen LogP contribution in [0.5, 0.6) is 0 Å². The van der Waals surface area contributed by atoms with E-state index in [2.05, 4.69) is 39.9 Å². The standard InChI is InChI=1S/C15H20N2OS/c1-16-8-13-10-18-7-6-17(13)9-12-11-19-15-5-3-2-4-14(12)15/h2-5,11,13,16H,6-10H2,1H3. The third kappa shape index (κ3) is 2.82. The van der Waals surface area contributed by atoms with E-state index in [9.17, 15) is 0 Å². The molecule has 3 rings (SSSR count). The van der Waals surface area contributed by atoms with Crippen LogP contribution in [-0.4, -0.2) is 44.3 Å². The molecule has 1 fully saturated rings. The Morgan fingerprint density at radius 2 is 2.32 bits per heavy atom. The van der Waals surface area contributed by atoms with Gasteiger partial charge in [0.05, 0.1) is 13.2 Å². The molecule has 0 saturated carbocycles. The maximum Gasteiger partial charge on any atom is 0.0635 e. The lowest BCUT2D eigenvalue weighted by molar-refractivity contribution is -0.0101. The van der Waals surface area contributed by atoms with Gasteiger partial charge in [-0.25, -0.2) is 0 Å². The second-order valence-corrected chi connectivity index (χ2v) is 5.93. The van der Waals surface area contributed by atoms with Crippen LogP contribution >= 0.6 is 11.3 Å². The van der Waals surface area contributed by atoms with Gasteiger partial charge in [0.15, 0.2) is 0 Å². The Balaban J connectivity index is 1.79. The van der Waals surface area contributed by atoms with E-state index in [-0.39, 0.29) is 0 Å². The smallest absolute Gasteiger partial charge is 0.0635 e. The minimum absolute atomic E-state index is 0.484. The molecule has 0 amide bonds. The average molecular weight is 276 g/mol. The third-order valence-electron chi connectivity index (χ3n) is 3.72. The highest BCUT2D eigenvalue weighted by molar-refractivity contribution is 7.17. The van der Waals surface area contributed by atoms with Crippen LogP contribution in [0.2, 0.25) is 0 Å². The topological polar surface area (TPSA) is 24.5 Å². The predicted octanol–water partition coefficient (Wildman–Crippen LogP) is 2.32. The summed E-state index contributed by atoms with van der Waals surface area (Å²) in [5.74, 6) is 0. The van der Waals surface area contributed by atoms with E-state index in [1.807, 2.05) is 18.4 Å². The van der Waals surface area contributed by atoms with Crippen molar-refractivity contribution in [2.75, 3.05) is 33.4 Å². The van der Waals surface area contributed by atoms with Crippen LogP contribution in [0.1, 0.15) is 5.56 Å². The Bertz CT molecular complexity index is 538. The number of fused-ring (bicyclic) bond motifs is 1. The van der Waals surface area contributed by atoms with E-state index >= 15 is 0 Å². The van der Waals surface area contributed by atoms with Gasteiger partial charge in [-0.2, -0.15) is 0 Å². The summed E-state index contributed by atoms with van der Waals surface area (Å²) in [6.45, 7) is 4.73. The molecule has 0 radical (unpaired) electrons. The van der Waals surface area contributed by atoms with Crippen LogP contribution in [0.15, 0.2) is 29.6 Å². The maximum absolute atomic E-state index is 5.59. The van der Waals surface area contributed by atoms with Crippen LogP contribution in [0.25, 0.3) is 10.1 Å². The van der Waals surface area contributed by atoms with Crippen LogP contribution in [0, 0.1) is 0 Å². The average Bonchev–Trinajstić information content (AvgIpc) is 2.85. The van der Waals surface area contributed by atoms with E-state index in [1.54, 1.807) is 0 Å². The summed E-state index contributed by atoms with van der Waals surface area (Å²) in [4.78, 5) is 2.54. The molecule has 1 aromatic carbocycles. The van der Waals surface area contributed by atoms with Gasteiger partial charge in [-0.05, 0) is 29.4 Å². The number of benzene rings is 1. The fourth-order valence-electron chi connectivity index (χ4n) is 2.69. The lowest BCUT2D eigenvalue weighted by Crippen LogP contribution is -2.49. The molecule has 102 valence electrons. The molecule has 3 nitrogen and oxygen atoms in total. The van der Waals surface area contributed by atoms with E-state index in [0.717, 1.165) is 32.8 Å². The van der Waals surface area contributed by atoms with Gasteiger partial charge < -0.3 is 10.1 Å². The van der Waals surface area contributed by atoms with Crippen molar-refractivity contribution in [2.45, 2.75) is 12.6 Å². The predicted molar refractivity (Wildman–Crippen MR) is 80.8 cm³/mol. The fourth-order valence-corrected chi connectivity index (χ4v) is 3.65. The van der Waals surface area contributed by atoms with Crippen LogP contribution in [-0.2, 0) is 11.3 Å². The molecule has 1 aliphatic rings. The number of ether oxygens (including phenoxy) is 1. The molecule has 0 aliphatic carbocycles. The van der Waals surface area contributed by atoms with Crippen molar-refractivity contribution in [1.82, 2.24) is 10.2 Å². The molecule has 0 bridgehead atoms. The number of thiophene rings is 1. The second-order valence-electron chi connectivity index (χ2n) is 5.01. The molecule has 1 atom stereocenters. The van der Waals surface area contributed by atoms with Crippen molar-refractivity contribution < 1.29 is 4.74 Å². The zero-order chi connectivity index (χ0) is 13.1. The molecule has 2 aromatic rings. The fraction of sp³-hybridized carbons (Fsp3) is 0.467. The first-order chi connectivity index (χ1) is 9.38. The van der Waals surface area contributed by atoms with Crippen molar-refractivity contribution in [3.05, 3.63) is 35.2 Å². The summed E-state index contributed by atoms with van der Waals surface area (Å²) in [6, 6.07) is 9.16. The minimum atomic E-state index is 0.484. The number of hydrogen-bond acceptors (Lipinski definition) is 4. The van der Waals surface area contributed by atoms with Gasteiger partial charge in [-0.3, -0.25) is 4.90 Å². The highest BCUT2D eigenvalue weighted by atomic mass is 32.1. The summed E-state index contributed by atoms with van der Waals surface area (Å²) in [7, 11) is 2.01. The van der Waals surface area contributed by atoms with Crippen molar-refractivity contribution in [1.29, 1.82) is 0 Å². The number of morpholine rings is 1. The maximum atomic E-state index is 5.59. The number of nitrogens with one attached hydrogen (secondary N) is 1. The summed E-state index contributed by atoms with van der Waals surface area (Å²) in [5, 5.41) is 6.97. The van der Waals surface area contributed by atoms with Crippen molar-refractivity contribution in [2.24, 2.45) is 0 Å². The highest BCUT2D eigenvalue weighted by Crippen LogP contribution is 2.27. The van der Waals surface area contributed by atoms with Crippen molar-refractivity contribution >= 4 is 21.4 Å². The van der Waals surface area contributed by atoms with Gasteiger partial charge >= 0.3 is 0 Å². The quantitative estimate of drug-likeness (QED) is 0.927. The van der Waals surface area contributed by atoms with Gasteiger partial charge in [0, 0.05) is 30.4 Å². The van der Waals surface area contributed by atoms with Crippen molar-refractivity contribution in [3.63, 3.8) is 0 Å².